The molecule has 1 aromatic rings. The summed E-state index contributed by atoms with van der Waals surface area (Å²) in [5.74, 6) is 0. The van der Waals surface area contributed by atoms with Crippen molar-refractivity contribution in [2.45, 2.75) is 18.4 Å². The number of nitro groups is 1. The third-order valence-corrected chi connectivity index (χ3v) is 3.67. The van der Waals surface area contributed by atoms with Crippen LogP contribution in [0.3, 0.4) is 0 Å². The lowest BCUT2D eigenvalue weighted by molar-refractivity contribution is -0.384. The first-order valence-corrected chi connectivity index (χ1v) is 6.65. The van der Waals surface area contributed by atoms with Crippen molar-refractivity contribution in [1.82, 2.24) is 0 Å². The van der Waals surface area contributed by atoms with E-state index in [2.05, 4.69) is 0 Å². The summed E-state index contributed by atoms with van der Waals surface area (Å²) in [5.41, 5.74) is -0.413. The largest absolute Gasteiger partial charge is 0.388 e. The van der Waals surface area contributed by atoms with Crippen LogP contribution in [0.5, 0.6) is 0 Å². The van der Waals surface area contributed by atoms with Gasteiger partial charge in [-0.2, -0.15) is 5.26 Å². The molecule has 1 aromatic carbocycles. The van der Waals surface area contributed by atoms with Gasteiger partial charge >= 0.3 is 0 Å². The molecule has 0 aliphatic carbocycles. The molecule has 1 aliphatic rings. The number of hydrogen-bond donors (Lipinski definition) is 1. The molecular weight excluding hydrogens is 274 g/mol. The number of benzene rings is 1. The summed E-state index contributed by atoms with van der Waals surface area (Å²) in [4.78, 5) is 12.3. The van der Waals surface area contributed by atoms with Crippen LogP contribution in [0.25, 0.3) is 0 Å². The third kappa shape index (κ3) is 3.48. The maximum Gasteiger partial charge on any atom is 0.293 e. The topological polar surface area (TPSA) is 99.6 Å². The molecule has 21 heavy (non-hydrogen) atoms. The fraction of sp³-hybridized carbons (Fsp3) is 0.500. The van der Waals surface area contributed by atoms with Gasteiger partial charge in [0.05, 0.1) is 22.2 Å². The smallest absolute Gasteiger partial charge is 0.293 e. The van der Waals surface area contributed by atoms with E-state index in [9.17, 15) is 15.2 Å². The lowest BCUT2D eigenvalue weighted by Crippen LogP contribution is -2.45. The van der Waals surface area contributed by atoms with Crippen molar-refractivity contribution >= 4 is 11.4 Å². The average Bonchev–Trinajstić information content (AvgIpc) is 2.46. The molecule has 0 radical (unpaired) electrons. The molecule has 0 spiro atoms. The second kappa shape index (κ2) is 6.08. The highest BCUT2D eigenvalue weighted by Gasteiger charge is 2.32. The predicted molar refractivity (Wildman–Crippen MR) is 76.1 cm³/mol. The number of likely N-dealkylation sites (N-methyl/N-ethyl adjacent to an activating group) is 1. The van der Waals surface area contributed by atoms with Crippen molar-refractivity contribution in [3.8, 4) is 6.07 Å². The van der Waals surface area contributed by atoms with E-state index in [1.165, 1.54) is 12.1 Å². The van der Waals surface area contributed by atoms with Gasteiger partial charge in [-0.15, -0.1) is 0 Å². The normalized spacial score (nSPS) is 17.0. The standard InChI is InChI=1S/C14H17N3O4/c1-16(10-14(18)4-6-21-7-5-14)12-3-2-11(9-15)8-13(12)17(19)20/h2-3,8,18H,4-7,10H2,1H3. The minimum Gasteiger partial charge on any atom is -0.388 e. The van der Waals surface area contributed by atoms with Crippen molar-refractivity contribution < 1.29 is 14.8 Å². The summed E-state index contributed by atoms with van der Waals surface area (Å²) in [6, 6.07) is 6.21. The van der Waals surface area contributed by atoms with E-state index in [0.29, 0.717) is 31.7 Å². The Morgan fingerprint density at radius 3 is 2.76 bits per heavy atom. The van der Waals surface area contributed by atoms with E-state index >= 15 is 0 Å². The number of nitro benzene ring substituents is 1. The first kappa shape index (κ1) is 15.2. The van der Waals surface area contributed by atoms with Crippen LogP contribution in [0.4, 0.5) is 11.4 Å². The van der Waals surface area contributed by atoms with Gasteiger partial charge in [-0.25, -0.2) is 0 Å². The molecule has 0 aromatic heterocycles. The lowest BCUT2D eigenvalue weighted by atomic mass is 9.93. The van der Waals surface area contributed by atoms with Crippen LogP contribution in [0.15, 0.2) is 18.2 Å². The van der Waals surface area contributed by atoms with Gasteiger partial charge in [0.2, 0.25) is 0 Å². The molecule has 112 valence electrons. The molecule has 1 aliphatic heterocycles. The summed E-state index contributed by atoms with van der Waals surface area (Å²) in [6.07, 6.45) is 1.00. The van der Waals surface area contributed by atoms with Crippen LogP contribution in [0.2, 0.25) is 0 Å². The van der Waals surface area contributed by atoms with Crippen molar-refractivity contribution in [3.63, 3.8) is 0 Å². The van der Waals surface area contributed by atoms with Crippen LogP contribution in [-0.4, -0.2) is 42.4 Å². The molecule has 0 unspecified atom stereocenters. The SMILES string of the molecule is CN(CC1(O)CCOCC1)c1ccc(C#N)cc1[N+](=O)[O-]. The fourth-order valence-electron chi connectivity index (χ4n) is 2.50. The number of aliphatic hydroxyl groups is 1. The van der Waals surface area contributed by atoms with Gasteiger partial charge in [-0.1, -0.05) is 0 Å². The summed E-state index contributed by atoms with van der Waals surface area (Å²) in [5, 5.41) is 30.5. The van der Waals surface area contributed by atoms with Gasteiger partial charge < -0.3 is 14.7 Å². The maximum absolute atomic E-state index is 11.2. The van der Waals surface area contributed by atoms with Crippen molar-refractivity contribution in [2.75, 3.05) is 31.7 Å². The molecule has 2 rings (SSSR count). The Labute approximate surface area is 122 Å². The van der Waals surface area contributed by atoms with Gasteiger partial charge in [-0.3, -0.25) is 10.1 Å². The van der Waals surface area contributed by atoms with Crippen LogP contribution >= 0.6 is 0 Å². The molecule has 0 amide bonds. The van der Waals surface area contributed by atoms with Gasteiger partial charge in [0.15, 0.2) is 0 Å². The fourth-order valence-corrected chi connectivity index (χ4v) is 2.50. The summed E-state index contributed by atoms with van der Waals surface area (Å²) in [6.45, 7) is 1.25. The van der Waals surface area contributed by atoms with E-state index in [4.69, 9.17) is 10.00 Å². The molecule has 1 saturated heterocycles. The van der Waals surface area contributed by atoms with Crippen LogP contribution in [0.1, 0.15) is 18.4 Å². The maximum atomic E-state index is 11.2. The third-order valence-electron chi connectivity index (χ3n) is 3.67. The summed E-state index contributed by atoms with van der Waals surface area (Å²) < 4.78 is 5.22. The second-order valence-electron chi connectivity index (χ2n) is 5.27. The zero-order valence-corrected chi connectivity index (χ0v) is 11.8. The molecule has 1 heterocycles. The Morgan fingerprint density at radius 1 is 1.52 bits per heavy atom. The minimum absolute atomic E-state index is 0.132. The zero-order chi connectivity index (χ0) is 15.5. The van der Waals surface area contributed by atoms with Crippen LogP contribution in [0, 0.1) is 21.4 Å². The number of rotatable bonds is 4. The zero-order valence-electron chi connectivity index (χ0n) is 11.8. The van der Waals surface area contributed by atoms with Crippen LogP contribution < -0.4 is 4.90 Å². The first-order chi connectivity index (χ1) is 9.95. The molecule has 0 atom stereocenters. The van der Waals surface area contributed by atoms with E-state index in [1.807, 2.05) is 6.07 Å². The molecule has 7 nitrogen and oxygen atoms in total. The number of nitrogens with zero attached hydrogens (tertiary/aromatic N) is 3. The predicted octanol–water partition coefficient (Wildman–Crippen LogP) is 1.44. The Kier molecular flexibility index (Phi) is 4.40. The van der Waals surface area contributed by atoms with Crippen molar-refractivity contribution in [3.05, 3.63) is 33.9 Å². The highest BCUT2D eigenvalue weighted by Crippen LogP contribution is 2.31. The average molecular weight is 291 g/mol. The van der Waals surface area contributed by atoms with Gasteiger partial charge in [0.25, 0.3) is 5.69 Å². The van der Waals surface area contributed by atoms with E-state index in [0.717, 1.165) is 0 Å². The van der Waals surface area contributed by atoms with E-state index in [1.54, 1.807) is 18.0 Å². The lowest BCUT2D eigenvalue weighted by Gasteiger charge is -2.36. The van der Waals surface area contributed by atoms with E-state index < -0.39 is 10.5 Å². The van der Waals surface area contributed by atoms with Gasteiger partial charge in [-0.05, 0) is 12.1 Å². The summed E-state index contributed by atoms with van der Waals surface area (Å²) >= 11 is 0. The minimum atomic E-state index is -0.908. The van der Waals surface area contributed by atoms with E-state index in [-0.39, 0.29) is 17.8 Å². The Morgan fingerprint density at radius 2 is 2.19 bits per heavy atom. The molecule has 1 fully saturated rings. The molecule has 0 saturated carbocycles. The highest BCUT2D eigenvalue weighted by atomic mass is 16.6. The molecule has 7 heteroatoms. The number of nitriles is 1. The molecular formula is C14H17N3O4. The summed E-state index contributed by atoms with van der Waals surface area (Å²) in [7, 11) is 1.70. The number of anilines is 1. The van der Waals surface area contributed by atoms with Gasteiger partial charge in [0.1, 0.15) is 5.69 Å². The number of ether oxygens (including phenoxy) is 1. The number of hydrogen-bond acceptors (Lipinski definition) is 6. The van der Waals surface area contributed by atoms with Crippen LogP contribution in [-0.2, 0) is 4.74 Å². The molecule has 0 bridgehead atoms. The Bertz CT molecular complexity index is 576. The monoisotopic (exact) mass is 291 g/mol. The van der Waals surface area contributed by atoms with Crippen molar-refractivity contribution in [2.24, 2.45) is 0 Å². The second-order valence-corrected chi connectivity index (χ2v) is 5.27. The first-order valence-electron chi connectivity index (χ1n) is 6.65. The highest BCUT2D eigenvalue weighted by molar-refractivity contribution is 5.65. The Hall–Kier alpha value is -2.17. The quantitative estimate of drug-likeness (QED) is 0.665. The van der Waals surface area contributed by atoms with Gasteiger partial charge in [0, 0.05) is 45.7 Å². The molecule has 1 N–H and O–H groups in total. The Balaban J connectivity index is 2.24. The van der Waals surface area contributed by atoms with Crippen molar-refractivity contribution in [1.29, 1.82) is 5.26 Å².